The first kappa shape index (κ1) is 12.4. The summed E-state index contributed by atoms with van der Waals surface area (Å²) in [6, 6.07) is 19.4. The molecule has 1 aliphatic rings. The smallest absolute Gasteiger partial charge is 0.0641 e. The Kier molecular flexibility index (Phi) is 3.65. The summed E-state index contributed by atoms with van der Waals surface area (Å²) in [5.74, 6) is 0.689. The molecular weight excluding hydrogens is 232 g/mol. The highest BCUT2D eigenvalue weighted by Crippen LogP contribution is 2.25. The van der Waals surface area contributed by atoms with Gasteiger partial charge in [0.25, 0.3) is 0 Å². The van der Waals surface area contributed by atoms with E-state index in [2.05, 4.69) is 61.5 Å². The van der Waals surface area contributed by atoms with Crippen molar-refractivity contribution in [3.63, 3.8) is 0 Å². The lowest BCUT2D eigenvalue weighted by molar-refractivity contribution is 0.0944. The Balaban J connectivity index is 1.72. The van der Waals surface area contributed by atoms with Crippen LogP contribution >= 0.6 is 0 Å². The maximum Gasteiger partial charge on any atom is 0.0641 e. The molecule has 1 saturated heterocycles. The van der Waals surface area contributed by atoms with Gasteiger partial charge in [-0.1, -0.05) is 61.5 Å². The fourth-order valence-corrected chi connectivity index (χ4v) is 2.71. The van der Waals surface area contributed by atoms with Crippen molar-refractivity contribution < 1.29 is 4.74 Å². The van der Waals surface area contributed by atoms with Crippen molar-refractivity contribution in [2.75, 3.05) is 6.61 Å². The van der Waals surface area contributed by atoms with Crippen molar-refractivity contribution in [2.45, 2.75) is 25.9 Å². The minimum absolute atomic E-state index is 0.405. The second-order valence-electron chi connectivity index (χ2n) is 5.44. The van der Waals surface area contributed by atoms with Crippen LogP contribution in [0.5, 0.6) is 0 Å². The molecule has 0 amide bonds. The monoisotopic (exact) mass is 252 g/mol. The zero-order valence-corrected chi connectivity index (χ0v) is 11.4. The van der Waals surface area contributed by atoms with Crippen LogP contribution in [0, 0.1) is 5.92 Å². The zero-order valence-electron chi connectivity index (χ0n) is 11.4. The summed E-state index contributed by atoms with van der Waals surface area (Å²) in [6.45, 7) is 3.21. The van der Waals surface area contributed by atoms with E-state index in [0.29, 0.717) is 12.0 Å². The molecule has 0 saturated carbocycles. The molecular formula is C18H20O. The third kappa shape index (κ3) is 2.87. The molecule has 98 valence electrons. The van der Waals surface area contributed by atoms with Gasteiger partial charge in [-0.25, -0.2) is 0 Å². The van der Waals surface area contributed by atoms with Crippen molar-refractivity contribution in [3.8, 4) is 11.1 Å². The van der Waals surface area contributed by atoms with Gasteiger partial charge >= 0.3 is 0 Å². The summed E-state index contributed by atoms with van der Waals surface area (Å²) in [4.78, 5) is 0. The van der Waals surface area contributed by atoms with Gasteiger partial charge in [-0.15, -0.1) is 0 Å². The zero-order chi connectivity index (χ0) is 13.1. The molecule has 0 bridgehead atoms. The summed E-state index contributed by atoms with van der Waals surface area (Å²) >= 11 is 0. The highest BCUT2D eigenvalue weighted by molar-refractivity contribution is 5.63. The quantitative estimate of drug-likeness (QED) is 0.790. The molecule has 0 N–H and O–H groups in total. The lowest BCUT2D eigenvalue weighted by Crippen LogP contribution is -2.16. The van der Waals surface area contributed by atoms with E-state index in [1.54, 1.807) is 0 Å². The second-order valence-corrected chi connectivity index (χ2v) is 5.44. The molecule has 0 spiro atoms. The molecule has 0 radical (unpaired) electrons. The molecule has 1 nitrogen and oxygen atoms in total. The molecule has 19 heavy (non-hydrogen) atoms. The molecule has 0 aromatic heterocycles. The van der Waals surface area contributed by atoms with E-state index in [-0.39, 0.29) is 0 Å². The molecule has 2 atom stereocenters. The third-order valence-corrected chi connectivity index (χ3v) is 4.04. The van der Waals surface area contributed by atoms with Gasteiger partial charge in [0.1, 0.15) is 0 Å². The first-order valence-corrected chi connectivity index (χ1v) is 7.09. The van der Waals surface area contributed by atoms with Crippen LogP contribution < -0.4 is 0 Å². The van der Waals surface area contributed by atoms with Crippen LogP contribution in [-0.4, -0.2) is 12.7 Å². The van der Waals surface area contributed by atoms with Gasteiger partial charge in [0, 0.05) is 6.61 Å². The van der Waals surface area contributed by atoms with Gasteiger partial charge in [-0.2, -0.15) is 0 Å². The molecule has 0 unspecified atom stereocenters. The van der Waals surface area contributed by atoms with Crippen molar-refractivity contribution in [3.05, 3.63) is 60.2 Å². The Morgan fingerprint density at radius 1 is 0.947 bits per heavy atom. The molecule has 3 rings (SSSR count). The van der Waals surface area contributed by atoms with Crippen LogP contribution in [-0.2, 0) is 11.2 Å². The maximum atomic E-state index is 5.78. The van der Waals surface area contributed by atoms with E-state index in [9.17, 15) is 0 Å². The van der Waals surface area contributed by atoms with Gasteiger partial charge in [0.05, 0.1) is 6.10 Å². The average molecular weight is 252 g/mol. The Labute approximate surface area is 115 Å². The Bertz CT molecular complexity index is 515. The third-order valence-electron chi connectivity index (χ3n) is 4.04. The summed E-state index contributed by atoms with van der Waals surface area (Å²) in [7, 11) is 0. The van der Waals surface area contributed by atoms with Crippen molar-refractivity contribution in [1.29, 1.82) is 0 Å². The molecule has 1 heteroatoms. The van der Waals surface area contributed by atoms with Gasteiger partial charge in [0.2, 0.25) is 0 Å². The van der Waals surface area contributed by atoms with Crippen LogP contribution in [0.15, 0.2) is 54.6 Å². The predicted molar refractivity (Wildman–Crippen MR) is 79.1 cm³/mol. The van der Waals surface area contributed by atoms with E-state index in [1.807, 2.05) is 0 Å². The van der Waals surface area contributed by atoms with E-state index in [0.717, 1.165) is 13.0 Å². The molecule has 1 heterocycles. The minimum Gasteiger partial charge on any atom is -0.378 e. The van der Waals surface area contributed by atoms with Crippen LogP contribution in [0.3, 0.4) is 0 Å². The second kappa shape index (κ2) is 5.58. The summed E-state index contributed by atoms with van der Waals surface area (Å²) in [5, 5.41) is 0. The summed E-state index contributed by atoms with van der Waals surface area (Å²) in [6.07, 6.45) is 2.64. The maximum absolute atomic E-state index is 5.78. The van der Waals surface area contributed by atoms with Crippen molar-refractivity contribution >= 4 is 0 Å². The molecule has 1 fully saturated rings. The highest BCUT2D eigenvalue weighted by atomic mass is 16.5. The van der Waals surface area contributed by atoms with E-state index >= 15 is 0 Å². The Morgan fingerprint density at radius 2 is 1.63 bits per heavy atom. The lowest BCUT2D eigenvalue weighted by atomic mass is 9.96. The number of hydrogen-bond acceptors (Lipinski definition) is 1. The molecule has 1 aliphatic heterocycles. The first-order chi connectivity index (χ1) is 9.33. The SMILES string of the molecule is C[C@H]1CCO[C@@H]1Cc1ccc(-c2ccccc2)cc1. The molecule has 2 aromatic carbocycles. The number of hydrogen-bond donors (Lipinski definition) is 0. The minimum atomic E-state index is 0.405. The van der Waals surface area contributed by atoms with E-state index < -0.39 is 0 Å². The standard InChI is InChI=1S/C18H20O/c1-14-11-12-19-18(14)13-15-7-9-17(10-8-15)16-5-3-2-4-6-16/h2-10,14,18H,11-13H2,1H3/t14-,18+/m0/s1. The predicted octanol–water partition coefficient (Wildman–Crippen LogP) is 4.32. The highest BCUT2D eigenvalue weighted by Gasteiger charge is 2.24. The van der Waals surface area contributed by atoms with Gasteiger partial charge in [0.15, 0.2) is 0 Å². The van der Waals surface area contributed by atoms with Gasteiger partial charge in [-0.05, 0) is 35.4 Å². The lowest BCUT2D eigenvalue weighted by Gasteiger charge is -2.14. The Morgan fingerprint density at radius 3 is 2.26 bits per heavy atom. The van der Waals surface area contributed by atoms with Crippen LogP contribution in [0.1, 0.15) is 18.9 Å². The fourth-order valence-electron chi connectivity index (χ4n) is 2.71. The normalized spacial score (nSPS) is 22.6. The van der Waals surface area contributed by atoms with Crippen molar-refractivity contribution in [1.82, 2.24) is 0 Å². The largest absolute Gasteiger partial charge is 0.378 e. The van der Waals surface area contributed by atoms with Gasteiger partial charge < -0.3 is 4.74 Å². The first-order valence-electron chi connectivity index (χ1n) is 7.09. The topological polar surface area (TPSA) is 9.23 Å². The van der Waals surface area contributed by atoms with Crippen LogP contribution in [0.25, 0.3) is 11.1 Å². The summed E-state index contributed by atoms with van der Waals surface area (Å²) in [5.41, 5.74) is 3.93. The number of benzene rings is 2. The van der Waals surface area contributed by atoms with E-state index in [4.69, 9.17) is 4.74 Å². The molecule has 0 aliphatic carbocycles. The fraction of sp³-hybridized carbons (Fsp3) is 0.333. The summed E-state index contributed by atoms with van der Waals surface area (Å²) < 4.78 is 5.78. The molecule has 2 aromatic rings. The Hall–Kier alpha value is -1.60. The van der Waals surface area contributed by atoms with E-state index in [1.165, 1.54) is 23.1 Å². The average Bonchev–Trinajstić information content (AvgIpc) is 2.86. The van der Waals surface area contributed by atoms with Crippen molar-refractivity contribution in [2.24, 2.45) is 5.92 Å². The van der Waals surface area contributed by atoms with Crippen LogP contribution in [0.2, 0.25) is 0 Å². The van der Waals surface area contributed by atoms with Gasteiger partial charge in [-0.3, -0.25) is 0 Å². The number of ether oxygens (including phenoxy) is 1. The van der Waals surface area contributed by atoms with Crippen LogP contribution in [0.4, 0.5) is 0 Å². The number of rotatable bonds is 3.